The summed E-state index contributed by atoms with van der Waals surface area (Å²) in [4.78, 5) is 21.8. The average molecular weight is 244 g/mol. The minimum Gasteiger partial charge on any atom is -0.397 e. The van der Waals surface area contributed by atoms with Gasteiger partial charge in [0.1, 0.15) is 0 Å². The van der Waals surface area contributed by atoms with Crippen molar-refractivity contribution >= 4 is 28.3 Å². The van der Waals surface area contributed by atoms with Crippen LogP contribution >= 0.6 is 0 Å². The van der Waals surface area contributed by atoms with Crippen molar-refractivity contribution < 1.29 is 4.79 Å². The molecule has 94 valence electrons. The number of carbonyl (C=O) groups is 1. The third-order valence-electron chi connectivity index (χ3n) is 3.01. The molecule has 0 aliphatic carbocycles. The van der Waals surface area contributed by atoms with Crippen LogP contribution in [-0.2, 0) is 4.79 Å². The van der Waals surface area contributed by atoms with Crippen LogP contribution in [0.15, 0.2) is 12.3 Å². The van der Waals surface area contributed by atoms with E-state index in [4.69, 9.17) is 5.73 Å². The summed E-state index contributed by atoms with van der Waals surface area (Å²) in [5.41, 5.74) is 10.5. The summed E-state index contributed by atoms with van der Waals surface area (Å²) in [7, 11) is 1.70. The summed E-state index contributed by atoms with van der Waals surface area (Å²) in [6.45, 7) is 5.29. The molecule has 0 radical (unpaired) electrons. The molecule has 0 saturated carbocycles. The number of anilines is 2. The Morgan fingerprint density at radius 2 is 2.06 bits per heavy atom. The van der Waals surface area contributed by atoms with E-state index in [1.165, 1.54) is 11.8 Å². The van der Waals surface area contributed by atoms with Gasteiger partial charge >= 0.3 is 0 Å². The SMILES string of the molecule is CC(=O)N(C)c1c(N)cc2ncc(C)nc2c1C. The molecule has 2 rings (SSSR count). The summed E-state index contributed by atoms with van der Waals surface area (Å²) < 4.78 is 0. The lowest BCUT2D eigenvalue weighted by Gasteiger charge is -2.20. The van der Waals surface area contributed by atoms with Crippen LogP contribution in [0.4, 0.5) is 11.4 Å². The normalized spacial score (nSPS) is 10.7. The number of rotatable bonds is 1. The van der Waals surface area contributed by atoms with Gasteiger partial charge in [-0.1, -0.05) is 0 Å². The molecule has 5 heteroatoms. The maximum absolute atomic E-state index is 11.5. The molecule has 0 atom stereocenters. The molecule has 1 heterocycles. The summed E-state index contributed by atoms with van der Waals surface area (Å²) >= 11 is 0. The molecule has 0 spiro atoms. The van der Waals surface area contributed by atoms with E-state index in [0.29, 0.717) is 11.4 Å². The molecule has 0 aliphatic rings. The maximum Gasteiger partial charge on any atom is 0.223 e. The lowest BCUT2D eigenvalue weighted by atomic mass is 10.1. The highest BCUT2D eigenvalue weighted by atomic mass is 16.2. The second kappa shape index (κ2) is 4.25. The molecule has 1 aromatic heterocycles. The van der Waals surface area contributed by atoms with E-state index in [0.717, 1.165) is 22.3 Å². The zero-order valence-corrected chi connectivity index (χ0v) is 11.0. The van der Waals surface area contributed by atoms with E-state index in [1.54, 1.807) is 19.3 Å². The minimum atomic E-state index is -0.0650. The van der Waals surface area contributed by atoms with E-state index < -0.39 is 0 Å². The number of amides is 1. The van der Waals surface area contributed by atoms with E-state index in [1.807, 2.05) is 13.8 Å². The Morgan fingerprint density at radius 1 is 1.39 bits per heavy atom. The number of carbonyl (C=O) groups excluding carboxylic acids is 1. The Bertz CT molecular complexity index is 636. The largest absolute Gasteiger partial charge is 0.397 e. The van der Waals surface area contributed by atoms with E-state index in [2.05, 4.69) is 9.97 Å². The number of hydrogen-bond acceptors (Lipinski definition) is 4. The Hall–Kier alpha value is -2.17. The molecule has 18 heavy (non-hydrogen) atoms. The molecule has 2 N–H and O–H groups in total. The van der Waals surface area contributed by atoms with Crippen LogP contribution in [0, 0.1) is 13.8 Å². The van der Waals surface area contributed by atoms with Crippen molar-refractivity contribution in [2.45, 2.75) is 20.8 Å². The third-order valence-corrected chi connectivity index (χ3v) is 3.01. The average Bonchev–Trinajstić information content (AvgIpc) is 2.30. The fraction of sp³-hybridized carbons (Fsp3) is 0.308. The van der Waals surface area contributed by atoms with Crippen LogP contribution in [0.2, 0.25) is 0 Å². The third kappa shape index (κ3) is 1.88. The van der Waals surface area contributed by atoms with Crippen molar-refractivity contribution in [1.29, 1.82) is 0 Å². The summed E-state index contributed by atoms with van der Waals surface area (Å²) in [5.74, 6) is -0.0650. The van der Waals surface area contributed by atoms with Gasteiger partial charge in [-0.25, -0.2) is 4.98 Å². The molecule has 1 aromatic carbocycles. The molecular formula is C13H16N4O. The molecule has 0 aliphatic heterocycles. The molecule has 0 unspecified atom stereocenters. The van der Waals surface area contributed by atoms with E-state index in [-0.39, 0.29) is 5.91 Å². The molecule has 2 aromatic rings. The van der Waals surface area contributed by atoms with Gasteiger partial charge in [-0.2, -0.15) is 0 Å². The second-order valence-electron chi connectivity index (χ2n) is 4.40. The molecule has 5 nitrogen and oxygen atoms in total. The number of hydrogen-bond donors (Lipinski definition) is 1. The molecule has 0 bridgehead atoms. The van der Waals surface area contributed by atoms with Crippen molar-refractivity contribution in [3.63, 3.8) is 0 Å². The highest BCUT2D eigenvalue weighted by molar-refractivity contribution is 6.00. The van der Waals surface area contributed by atoms with Crippen LogP contribution in [0.1, 0.15) is 18.2 Å². The van der Waals surface area contributed by atoms with Gasteiger partial charge in [0.25, 0.3) is 0 Å². The van der Waals surface area contributed by atoms with Crippen LogP contribution in [0.25, 0.3) is 11.0 Å². The van der Waals surface area contributed by atoms with Gasteiger partial charge in [0.05, 0.1) is 28.1 Å². The standard InChI is InChI=1S/C13H16N4O/c1-7-6-15-11-5-10(14)13(17(4)9(3)18)8(2)12(11)16-7/h5-6H,14H2,1-4H3. The maximum atomic E-state index is 11.5. The smallest absolute Gasteiger partial charge is 0.223 e. The number of aromatic nitrogens is 2. The number of nitrogens with zero attached hydrogens (tertiary/aromatic N) is 3. The minimum absolute atomic E-state index is 0.0650. The van der Waals surface area contributed by atoms with Gasteiger partial charge in [-0.3, -0.25) is 9.78 Å². The lowest BCUT2D eigenvalue weighted by molar-refractivity contribution is -0.116. The van der Waals surface area contributed by atoms with Crippen LogP contribution in [0.5, 0.6) is 0 Å². The predicted octanol–water partition coefficient (Wildman–Crippen LogP) is 1.81. The van der Waals surface area contributed by atoms with Gasteiger partial charge < -0.3 is 10.6 Å². The summed E-state index contributed by atoms with van der Waals surface area (Å²) in [5, 5.41) is 0. The number of aryl methyl sites for hydroxylation is 2. The molecule has 1 amide bonds. The van der Waals surface area contributed by atoms with Gasteiger partial charge in [0.15, 0.2) is 0 Å². The van der Waals surface area contributed by atoms with Gasteiger partial charge in [0.2, 0.25) is 5.91 Å². The molecule has 0 saturated heterocycles. The Kier molecular flexibility index (Phi) is 2.90. The molecular weight excluding hydrogens is 228 g/mol. The van der Waals surface area contributed by atoms with Crippen molar-refractivity contribution in [3.8, 4) is 0 Å². The quantitative estimate of drug-likeness (QED) is 0.776. The Balaban J connectivity index is 2.78. The van der Waals surface area contributed by atoms with Crippen LogP contribution in [-0.4, -0.2) is 22.9 Å². The van der Waals surface area contributed by atoms with Crippen molar-refractivity contribution in [1.82, 2.24) is 9.97 Å². The van der Waals surface area contributed by atoms with E-state index in [9.17, 15) is 4.79 Å². The number of benzene rings is 1. The fourth-order valence-corrected chi connectivity index (χ4v) is 2.02. The zero-order chi connectivity index (χ0) is 13.4. The number of nitrogens with two attached hydrogens (primary N) is 1. The first kappa shape index (κ1) is 12.3. The lowest BCUT2D eigenvalue weighted by Crippen LogP contribution is -2.25. The summed E-state index contributed by atoms with van der Waals surface area (Å²) in [6, 6.07) is 1.75. The van der Waals surface area contributed by atoms with Gasteiger partial charge in [-0.05, 0) is 19.9 Å². The van der Waals surface area contributed by atoms with Crippen molar-refractivity contribution in [2.75, 3.05) is 17.7 Å². The van der Waals surface area contributed by atoms with Crippen LogP contribution in [0.3, 0.4) is 0 Å². The zero-order valence-electron chi connectivity index (χ0n) is 11.0. The van der Waals surface area contributed by atoms with Crippen molar-refractivity contribution in [2.24, 2.45) is 0 Å². The summed E-state index contributed by atoms with van der Waals surface area (Å²) in [6.07, 6.45) is 1.70. The highest BCUT2D eigenvalue weighted by Crippen LogP contribution is 2.32. The van der Waals surface area contributed by atoms with Crippen LogP contribution < -0.4 is 10.6 Å². The number of fused-ring (bicyclic) bond motifs is 1. The predicted molar refractivity (Wildman–Crippen MR) is 72.5 cm³/mol. The Morgan fingerprint density at radius 3 is 2.67 bits per heavy atom. The first-order valence-electron chi connectivity index (χ1n) is 5.68. The first-order chi connectivity index (χ1) is 8.41. The van der Waals surface area contributed by atoms with Gasteiger partial charge in [0, 0.05) is 25.7 Å². The van der Waals surface area contributed by atoms with Crippen molar-refractivity contribution in [3.05, 3.63) is 23.5 Å². The fourth-order valence-electron chi connectivity index (χ4n) is 2.02. The first-order valence-corrected chi connectivity index (χ1v) is 5.68. The monoisotopic (exact) mass is 244 g/mol. The van der Waals surface area contributed by atoms with E-state index >= 15 is 0 Å². The molecule has 0 fully saturated rings. The van der Waals surface area contributed by atoms with Gasteiger partial charge in [-0.15, -0.1) is 0 Å². The highest BCUT2D eigenvalue weighted by Gasteiger charge is 2.16. The second-order valence-corrected chi connectivity index (χ2v) is 4.40. The number of nitrogen functional groups attached to an aromatic ring is 1. The Labute approximate surface area is 106 Å². The topological polar surface area (TPSA) is 72.1 Å².